The number of amides is 1. The molecule has 0 saturated carbocycles. The first kappa shape index (κ1) is 10.9. The largest absolute Gasteiger partial charge is 0.330 e. The highest BCUT2D eigenvalue weighted by Gasteiger charge is 2.03. The van der Waals surface area contributed by atoms with E-state index in [4.69, 9.17) is 23.8 Å². The van der Waals surface area contributed by atoms with Crippen LogP contribution in [0.4, 0.5) is 5.69 Å². The van der Waals surface area contributed by atoms with E-state index < -0.39 is 0 Å². The summed E-state index contributed by atoms with van der Waals surface area (Å²) in [5.41, 5.74) is 0.563. The molecule has 0 saturated heterocycles. The van der Waals surface area contributed by atoms with Gasteiger partial charge in [-0.2, -0.15) is 0 Å². The lowest BCUT2D eigenvalue weighted by molar-refractivity contribution is -0.117. The molecule has 2 N–H and O–H groups in total. The monoisotopic (exact) mass is 229 g/mol. The Labute approximate surface area is 91.7 Å². The highest BCUT2D eigenvalue weighted by Crippen LogP contribution is 2.16. The van der Waals surface area contributed by atoms with Crippen LogP contribution in [0, 0.1) is 0 Å². The van der Waals surface area contributed by atoms with Crippen molar-refractivity contribution in [2.24, 2.45) is 0 Å². The number of thiocarbonyl (C=S) groups is 1. The molecule has 0 radical (unpaired) electrons. The van der Waals surface area contributed by atoms with Crippen molar-refractivity contribution < 1.29 is 4.79 Å². The molecule has 0 spiro atoms. The van der Waals surface area contributed by atoms with Crippen molar-refractivity contribution in [2.45, 2.75) is 6.92 Å². The van der Waals surface area contributed by atoms with Gasteiger partial charge in [0.05, 0.1) is 5.69 Å². The summed E-state index contributed by atoms with van der Waals surface area (Å²) in [6, 6.07) is 3.42. The zero-order valence-corrected chi connectivity index (χ0v) is 8.95. The van der Waals surface area contributed by atoms with Gasteiger partial charge in [0.2, 0.25) is 5.91 Å². The number of carbonyl (C=O) groups excluding carboxylic acids is 1. The second-order valence-electron chi connectivity index (χ2n) is 2.48. The number of carbonyl (C=O) groups is 1. The van der Waals surface area contributed by atoms with Crippen molar-refractivity contribution >= 4 is 40.5 Å². The Kier molecular flexibility index (Phi) is 3.79. The first-order valence-electron chi connectivity index (χ1n) is 3.78. The van der Waals surface area contributed by atoms with Crippen LogP contribution in [0.3, 0.4) is 0 Å². The zero-order chi connectivity index (χ0) is 10.6. The number of halogens is 1. The molecule has 1 heterocycles. The summed E-state index contributed by atoms with van der Waals surface area (Å²) in [6.45, 7) is 1.37. The summed E-state index contributed by atoms with van der Waals surface area (Å²) < 4.78 is 0. The standard InChI is InChI=1S/C8H8ClN3OS/c1-5(13)11-8(14)12-6-3-2-4-10-7(6)9/h2-4H,1H3,(H2,11,12,13,14). The molecule has 74 valence electrons. The van der Waals surface area contributed by atoms with Crippen molar-refractivity contribution in [3.8, 4) is 0 Å². The molecule has 1 aromatic heterocycles. The summed E-state index contributed by atoms with van der Waals surface area (Å²) in [5, 5.41) is 5.67. The van der Waals surface area contributed by atoms with E-state index in [0.717, 1.165) is 0 Å². The van der Waals surface area contributed by atoms with Crippen molar-refractivity contribution in [1.29, 1.82) is 0 Å². The highest BCUT2D eigenvalue weighted by atomic mass is 35.5. The third-order valence-electron chi connectivity index (χ3n) is 1.30. The number of hydrogen-bond donors (Lipinski definition) is 2. The molecule has 4 nitrogen and oxygen atoms in total. The van der Waals surface area contributed by atoms with Gasteiger partial charge in [0.1, 0.15) is 0 Å². The van der Waals surface area contributed by atoms with Crippen molar-refractivity contribution in [3.63, 3.8) is 0 Å². The minimum absolute atomic E-state index is 0.201. The SMILES string of the molecule is CC(=O)NC(=S)Nc1cccnc1Cl. The van der Waals surface area contributed by atoms with Gasteiger partial charge in [0.15, 0.2) is 10.3 Å². The molecule has 1 aromatic rings. The van der Waals surface area contributed by atoms with E-state index in [-0.39, 0.29) is 11.0 Å². The van der Waals surface area contributed by atoms with Gasteiger partial charge in [-0.1, -0.05) is 11.6 Å². The highest BCUT2D eigenvalue weighted by molar-refractivity contribution is 7.80. The summed E-state index contributed by atoms with van der Waals surface area (Å²) in [7, 11) is 0. The average molecular weight is 230 g/mol. The van der Waals surface area contributed by atoms with Gasteiger partial charge >= 0.3 is 0 Å². The van der Waals surface area contributed by atoms with Crippen LogP contribution in [0.15, 0.2) is 18.3 Å². The summed E-state index contributed by atoms with van der Waals surface area (Å²) in [4.78, 5) is 14.5. The van der Waals surface area contributed by atoms with Crippen molar-refractivity contribution in [2.75, 3.05) is 5.32 Å². The second-order valence-corrected chi connectivity index (χ2v) is 3.24. The predicted molar refractivity (Wildman–Crippen MR) is 59.3 cm³/mol. The van der Waals surface area contributed by atoms with Crippen LogP contribution >= 0.6 is 23.8 Å². The van der Waals surface area contributed by atoms with Crippen LogP contribution in [0.1, 0.15) is 6.92 Å². The van der Waals surface area contributed by atoms with Gasteiger partial charge in [0.25, 0.3) is 0 Å². The number of rotatable bonds is 1. The minimum atomic E-state index is -0.234. The molecule has 6 heteroatoms. The Morgan fingerprint density at radius 1 is 1.64 bits per heavy atom. The van der Waals surface area contributed by atoms with Gasteiger partial charge in [-0.3, -0.25) is 4.79 Å². The van der Waals surface area contributed by atoms with Gasteiger partial charge in [-0.15, -0.1) is 0 Å². The molecule has 0 aliphatic heterocycles. The van der Waals surface area contributed by atoms with Crippen LogP contribution in [0.5, 0.6) is 0 Å². The van der Waals surface area contributed by atoms with Gasteiger partial charge in [-0.25, -0.2) is 4.98 Å². The number of pyridine rings is 1. The first-order chi connectivity index (χ1) is 6.59. The van der Waals surface area contributed by atoms with Crippen LogP contribution in [-0.4, -0.2) is 16.0 Å². The molecule has 0 atom stereocenters. The Hall–Kier alpha value is -1.20. The topological polar surface area (TPSA) is 54.0 Å². The van der Waals surface area contributed by atoms with E-state index in [1.807, 2.05) is 0 Å². The number of anilines is 1. The number of nitrogens with one attached hydrogen (secondary N) is 2. The molecule has 0 fully saturated rings. The van der Waals surface area contributed by atoms with Gasteiger partial charge < -0.3 is 10.6 Å². The Morgan fingerprint density at radius 2 is 2.36 bits per heavy atom. The van der Waals surface area contributed by atoms with E-state index in [9.17, 15) is 4.79 Å². The quantitative estimate of drug-likeness (QED) is 0.567. The van der Waals surface area contributed by atoms with E-state index in [1.54, 1.807) is 18.3 Å². The first-order valence-corrected chi connectivity index (χ1v) is 4.57. The lowest BCUT2D eigenvalue weighted by Crippen LogP contribution is -2.32. The molecule has 0 unspecified atom stereocenters. The number of hydrogen-bond acceptors (Lipinski definition) is 3. The minimum Gasteiger partial charge on any atom is -0.330 e. The molecular formula is C8H8ClN3OS. The van der Waals surface area contributed by atoms with Crippen LogP contribution < -0.4 is 10.6 Å². The van der Waals surface area contributed by atoms with Crippen molar-refractivity contribution in [1.82, 2.24) is 10.3 Å². The van der Waals surface area contributed by atoms with E-state index in [1.165, 1.54) is 6.92 Å². The Morgan fingerprint density at radius 3 is 2.93 bits per heavy atom. The predicted octanol–water partition coefficient (Wildman–Crippen LogP) is 1.57. The number of aromatic nitrogens is 1. The molecule has 0 bridgehead atoms. The smallest absolute Gasteiger partial charge is 0.222 e. The van der Waals surface area contributed by atoms with Crippen molar-refractivity contribution in [3.05, 3.63) is 23.5 Å². The van der Waals surface area contributed by atoms with E-state index >= 15 is 0 Å². The molecule has 1 rings (SSSR count). The van der Waals surface area contributed by atoms with Gasteiger partial charge in [0, 0.05) is 13.1 Å². The lowest BCUT2D eigenvalue weighted by Gasteiger charge is -2.08. The molecule has 0 aromatic carbocycles. The van der Waals surface area contributed by atoms with Crippen LogP contribution in [0.2, 0.25) is 5.15 Å². The molecular weight excluding hydrogens is 222 g/mol. The Bertz CT molecular complexity index is 369. The second kappa shape index (κ2) is 4.88. The maximum absolute atomic E-state index is 10.6. The maximum Gasteiger partial charge on any atom is 0.222 e. The lowest BCUT2D eigenvalue weighted by atomic mass is 10.4. The fraction of sp³-hybridized carbons (Fsp3) is 0.125. The zero-order valence-electron chi connectivity index (χ0n) is 7.37. The van der Waals surface area contributed by atoms with E-state index in [0.29, 0.717) is 10.8 Å². The van der Waals surface area contributed by atoms with Crippen LogP contribution in [-0.2, 0) is 4.79 Å². The van der Waals surface area contributed by atoms with Crippen LogP contribution in [0.25, 0.3) is 0 Å². The molecule has 1 amide bonds. The third-order valence-corrected chi connectivity index (χ3v) is 1.80. The molecule has 0 aliphatic carbocycles. The molecule has 14 heavy (non-hydrogen) atoms. The maximum atomic E-state index is 10.6. The third kappa shape index (κ3) is 3.27. The van der Waals surface area contributed by atoms with Gasteiger partial charge in [-0.05, 0) is 24.4 Å². The average Bonchev–Trinajstić information content (AvgIpc) is 2.07. The van der Waals surface area contributed by atoms with E-state index in [2.05, 4.69) is 15.6 Å². The Balaban J connectivity index is 2.65. The fourth-order valence-corrected chi connectivity index (χ4v) is 1.21. The molecule has 0 aliphatic rings. The summed E-state index contributed by atoms with van der Waals surface area (Å²) >= 11 is 10.6. The fourth-order valence-electron chi connectivity index (χ4n) is 0.793. The normalized spacial score (nSPS) is 9.29. The summed E-state index contributed by atoms with van der Waals surface area (Å²) in [5.74, 6) is -0.234. The number of nitrogens with zero attached hydrogens (tertiary/aromatic N) is 1. The summed E-state index contributed by atoms with van der Waals surface area (Å²) in [6.07, 6.45) is 1.56.